The molecule has 0 radical (unpaired) electrons. The van der Waals surface area contributed by atoms with E-state index < -0.39 is 0 Å². The number of carbonyl (C=O) groups excluding carboxylic acids is 1. The van der Waals surface area contributed by atoms with E-state index in [1.165, 1.54) is 15.6 Å². The zero-order valence-corrected chi connectivity index (χ0v) is 25.0. The molecule has 10 heteroatoms. The number of carbonyl (C=O) groups is 1. The van der Waals surface area contributed by atoms with Crippen molar-refractivity contribution in [2.24, 2.45) is 5.10 Å². The number of aryl methyl sites for hydroxylation is 2. The Labute approximate surface area is 254 Å². The van der Waals surface area contributed by atoms with Crippen LogP contribution in [0.4, 0.5) is 0 Å². The molecule has 0 N–H and O–H groups in total. The third-order valence-corrected chi connectivity index (χ3v) is 7.64. The van der Waals surface area contributed by atoms with E-state index in [0.29, 0.717) is 17.9 Å². The molecule has 222 valence electrons. The van der Waals surface area contributed by atoms with Gasteiger partial charge in [0.25, 0.3) is 11.5 Å². The fraction of sp³-hybridized carbons (Fsp3) is 0.206. The second-order valence-corrected chi connectivity index (χ2v) is 10.6. The number of rotatable bonds is 8. The van der Waals surface area contributed by atoms with Crippen LogP contribution in [-0.4, -0.2) is 50.2 Å². The summed E-state index contributed by atoms with van der Waals surface area (Å²) in [6, 6.07) is 27.6. The molecule has 1 atom stereocenters. The third-order valence-electron chi connectivity index (χ3n) is 7.64. The maximum Gasteiger partial charge on any atom is 0.263 e. The molecule has 10 nitrogen and oxygen atoms in total. The highest BCUT2D eigenvalue weighted by Gasteiger charge is 2.34. The van der Waals surface area contributed by atoms with Crippen LogP contribution >= 0.6 is 0 Å². The quantitative estimate of drug-likeness (QED) is 0.250. The van der Waals surface area contributed by atoms with Crippen molar-refractivity contribution in [1.82, 2.24) is 24.3 Å². The minimum absolute atomic E-state index is 0.259. The summed E-state index contributed by atoms with van der Waals surface area (Å²) >= 11 is 0. The van der Waals surface area contributed by atoms with Crippen LogP contribution in [0.3, 0.4) is 0 Å². The average molecular weight is 589 g/mol. The van der Waals surface area contributed by atoms with Crippen LogP contribution in [0.25, 0.3) is 17.2 Å². The van der Waals surface area contributed by atoms with E-state index >= 15 is 0 Å². The summed E-state index contributed by atoms with van der Waals surface area (Å²) in [4.78, 5) is 32.7. The van der Waals surface area contributed by atoms with Crippen molar-refractivity contribution < 1.29 is 14.3 Å². The van der Waals surface area contributed by atoms with Crippen molar-refractivity contribution >= 4 is 11.6 Å². The third kappa shape index (κ3) is 5.61. The van der Waals surface area contributed by atoms with E-state index in [2.05, 4.69) is 5.10 Å². The largest absolute Gasteiger partial charge is 0.497 e. The summed E-state index contributed by atoms with van der Waals surface area (Å²) in [6.07, 6.45) is 0.495. The van der Waals surface area contributed by atoms with Gasteiger partial charge in [-0.1, -0.05) is 42.5 Å². The van der Waals surface area contributed by atoms with Gasteiger partial charge in [-0.15, -0.1) is 0 Å². The molecule has 1 amide bonds. The molecule has 1 aliphatic rings. The molecule has 44 heavy (non-hydrogen) atoms. The predicted molar refractivity (Wildman–Crippen MR) is 167 cm³/mol. The molecule has 5 aromatic rings. The molecule has 1 unspecified atom stereocenters. The molecule has 6 rings (SSSR count). The number of hydrogen-bond acceptors (Lipinski definition) is 7. The van der Waals surface area contributed by atoms with Crippen LogP contribution in [0.1, 0.15) is 35.0 Å². The second-order valence-electron chi connectivity index (χ2n) is 10.6. The number of methoxy groups -OCH3 is 2. The molecule has 0 aliphatic carbocycles. The molecule has 1 aliphatic heterocycles. The Morgan fingerprint density at radius 2 is 1.52 bits per heavy atom. The van der Waals surface area contributed by atoms with Gasteiger partial charge in [-0.25, -0.2) is 14.7 Å². The monoisotopic (exact) mass is 588 g/mol. The highest BCUT2D eigenvalue weighted by Crippen LogP contribution is 2.34. The van der Waals surface area contributed by atoms with Crippen molar-refractivity contribution in [1.29, 1.82) is 0 Å². The topological polar surface area (TPSA) is 104 Å². The van der Waals surface area contributed by atoms with E-state index in [1.54, 1.807) is 18.9 Å². The smallest absolute Gasteiger partial charge is 0.263 e. The first-order chi connectivity index (χ1) is 21.3. The van der Waals surface area contributed by atoms with Crippen molar-refractivity contribution in [3.05, 3.63) is 124 Å². The van der Waals surface area contributed by atoms with Crippen LogP contribution in [0, 0.1) is 13.8 Å². The van der Waals surface area contributed by atoms with Crippen LogP contribution in [-0.2, 0) is 11.3 Å². The van der Waals surface area contributed by atoms with Crippen molar-refractivity contribution in [2.45, 2.75) is 32.9 Å². The Morgan fingerprint density at radius 1 is 0.864 bits per heavy atom. The highest BCUT2D eigenvalue weighted by atomic mass is 16.5. The van der Waals surface area contributed by atoms with Crippen LogP contribution in [0.5, 0.6) is 11.5 Å². The van der Waals surface area contributed by atoms with Crippen molar-refractivity contribution in [2.75, 3.05) is 14.2 Å². The standard InChI is InChI=1S/C34H32N6O4/c1-22-18-23(2)39(36-22)34-35-29(24-8-6-5-7-9-24)20-32(41)38(34)21-33(42)40-31(26-12-16-28(44-4)17-13-26)19-30(37-40)25-10-14-27(43-3)15-11-25/h5-18,20,31H,19,21H2,1-4H3. The Morgan fingerprint density at radius 3 is 2.14 bits per heavy atom. The fourth-order valence-corrected chi connectivity index (χ4v) is 5.38. The lowest BCUT2D eigenvalue weighted by Gasteiger charge is -2.23. The SMILES string of the molecule is COc1ccc(C2=NN(C(=O)Cn3c(-n4nc(C)cc4C)nc(-c4ccccc4)cc3=O)C(c3ccc(OC)cc3)C2)cc1. The zero-order chi connectivity index (χ0) is 30.8. The van der Waals surface area contributed by atoms with Gasteiger partial charge in [0.05, 0.1) is 37.4 Å². The van der Waals surface area contributed by atoms with Crippen LogP contribution in [0.15, 0.2) is 101 Å². The number of benzene rings is 3. The van der Waals surface area contributed by atoms with Gasteiger partial charge in [0.15, 0.2) is 0 Å². The van der Waals surface area contributed by atoms with E-state index in [9.17, 15) is 9.59 Å². The Balaban J connectivity index is 1.41. The zero-order valence-electron chi connectivity index (χ0n) is 25.0. The molecule has 0 fully saturated rings. The summed E-state index contributed by atoms with van der Waals surface area (Å²) in [5.74, 6) is 1.35. The van der Waals surface area contributed by atoms with Crippen molar-refractivity contribution in [3.63, 3.8) is 0 Å². The maximum atomic E-state index is 14.1. The molecule has 2 aromatic heterocycles. The molecule has 0 saturated heterocycles. The molecule has 3 heterocycles. The fourth-order valence-electron chi connectivity index (χ4n) is 5.38. The number of ether oxygens (including phenoxy) is 2. The molecular weight excluding hydrogens is 556 g/mol. The first-order valence-electron chi connectivity index (χ1n) is 14.2. The normalized spacial score (nSPS) is 14.4. The lowest BCUT2D eigenvalue weighted by atomic mass is 9.98. The second kappa shape index (κ2) is 12.0. The molecule has 3 aromatic carbocycles. The Kier molecular flexibility index (Phi) is 7.80. The lowest BCUT2D eigenvalue weighted by Crippen LogP contribution is -2.36. The summed E-state index contributed by atoms with van der Waals surface area (Å²) in [6.45, 7) is 3.48. The number of nitrogens with zero attached hydrogens (tertiary/aromatic N) is 6. The van der Waals surface area contributed by atoms with Gasteiger partial charge in [0, 0.05) is 23.7 Å². The van der Waals surface area contributed by atoms with Gasteiger partial charge in [-0.05, 0) is 67.4 Å². The number of hydrogen-bond donors (Lipinski definition) is 0. The van der Waals surface area contributed by atoms with Gasteiger partial charge in [0.1, 0.15) is 18.0 Å². The molecule has 0 spiro atoms. The first-order valence-corrected chi connectivity index (χ1v) is 14.2. The summed E-state index contributed by atoms with van der Waals surface area (Å²) in [5, 5.41) is 10.9. The van der Waals surface area contributed by atoms with Gasteiger partial charge in [-0.3, -0.25) is 14.2 Å². The Hall–Kier alpha value is -5.51. The predicted octanol–water partition coefficient (Wildman–Crippen LogP) is 5.11. The summed E-state index contributed by atoms with van der Waals surface area (Å²) in [5.41, 5.74) is 5.02. The highest BCUT2D eigenvalue weighted by molar-refractivity contribution is 6.03. The molecule has 0 saturated carbocycles. The van der Waals surface area contributed by atoms with E-state index in [0.717, 1.165) is 39.5 Å². The van der Waals surface area contributed by atoms with Crippen LogP contribution < -0.4 is 15.0 Å². The van der Waals surface area contributed by atoms with Crippen LogP contribution in [0.2, 0.25) is 0 Å². The van der Waals surface area contributed by atoms with E-state index in [4.69, 9.17) is 19.6 Å². The minimum Gasteiger partial charge on any atom is -0.497 e. The van der Waals surface area contributed by atoms with Gasteiger partial charge >= 0.3 is 0 Å². The van der Waals surface area contributed by atoms with Gasteiger partial charge in [0.2, 0.25) is 5.95 Å². The minimum atomic E-state index is -0.380. The number of aromatic nitrogens is 4. The number of amides is 1. The Bertz CT molecular complexity index is 1890. The van der Waals surface area contributed by atoms with Gasteiger partial charge in [-0.2, -0.15) is 10.2 Å². The van der Waals surface area contributed by atoms with Crippen molar-refractivity contribution in [3.8, 4) is 28.7 Å². The maximum absolute atomic E-state index is 14.1. The van der Waals surface area contributed by atoms with E-state index in [-0.39, 0.29) is 30.0 Å². The molecular formula is C34H32N6O4. The lowest BCUT2D eigenvalue weighted by molar-refractivity contribution is -0.133. The summed E-state index contributed by atoms with van der Waals surface area (Å²) < 4.78 is 13.6. The summed E-state index contributed by atoms with van der Waals surface area (Å²) in [7, 11) is 3.23. The molecule has 0 bridgehead atoms. The first kappa shape index (κ1) is 28.6. The van der Waals surface area contributed by atoms with Gasteiger partial charge < -0.3 is 9.47 Å². The number of hydrazone groups is 1. The van der Waals surface area contributed by atoms with E-state index in [1.807, 2.05) is 98.8 Å². The average Bonchev–Trinajstić information content (AvgIpc) is 3.65.